The van der Waals surface area contributed by atoms with Crippen molar-refractivity contribution in [2.75, 3.05) is 0 Å². The molecule has 10 heteroatoms. The van der Waals surface area contributed by atoms with E-state index in [1.807, 2.05) is 20.8 Å². The third-order valence-electron chi connectivity index (χ3n) is 7.06. The van der Waals surface area contributed by atoms with E-state index in [0.29, 0.717) is 12.8 Å². The highest BCUT2D eigenvalue weighted by Gasteiger charge is 2.40. The fourth-order valence-corrected chi connectivity index (χ4v) is 5.10. The number of aromatic nitrogens is 2. The Morgan fingerprint density at radius 1 is 0.943 bits per heavy atom. The minimum Gasteiger partial charge on any atom is -0.481 e. The zero-order chi connectivity index (χ0) is 25.6. The third-order valence-corrected chi connectivity index (χ3v) is 7.06. The predicted octanol–water partition coefficient (Wildman–Crippen LogP) is 2.06. The SMILES string of the molecule is CC(C)(C)C(NC(=O)C(NC(=O)c1cnccn1)C1CCCCC1)C(=O)N[C@H]1CCC[C@H]1C(=O)O. The number of amides is 3. The molecule has 2 unspecified atom stereocenters. The lowest BCUT2D eigenvalue weighted by Gasteiger charge is -2.35. The molecular formula is C25H37N5O5. The first kappa shape index (κ1) is 26.6. The second-order valence-electron chi connectivity index (χ2n) is 10.7. The molecule has 2 fully saturated rings. The van der Waals surface area contributed by atoms with E-state index in [9.17, 15) is 24.3 Å². The number of carboxylic acids is 1. The Kier molecular flexibility index (Phi) is 8.80. The average Bonchev–Trinajstić information content (AvgIpc) is 3.29. The first-order valence-corrected chi connectivity index (χ1v) is 12.5. The number of aliphatic carboxylic acids is 1. The van der Waals surface area contributed by atoms with Crippen LogP contribution in [0.4, 0.5) is 0 Å². The summed E-state index contributed by atoms with van der Waals surface area (Å²) in [6, 6.07) is -2.18. The van der Waals surface area contributed by atoms with Gasteiger partial charge in [0, 0.05) is 18.4 Å². The average molecular weight is 488 g/mol. The molecule has 4 N–H and O–H groups in total. The van der Waals surface area contributed by atoms with Crippen LogP contribution in [0.5, 0.6) is 0 Å². The number of hydrogen-bond acceptors (Lipinski definition) is 6. The predicted molar refractivity (Wildman–Crippen MR) is 128 cm³/mol. The summed E-state index contributed by atoms with van der Waals surface area (Å²) in [4.78, 5) is 59.1. The summed E-state index contributed by atoms with van der Waals surface area (Å²) in [5.74, 6) is -2.93. The lowest BCUT2D eigenvalue weighted by atomic mass is 9.82. The van der Waals surface area contributed by atoms with Crippen molar-refractivity contribution in [1.29, 1.82) is 0 Å². The molecule has 10 nitrogen and oxygen atoms in total. The van der Waals surface area contributed by atoms with Crippen LogP contribution in [0, 0.1) is 17.3 Å². The van der Waals surface area contributed by atoms with Gasteiger partial charge in [-0.05, 0) is 37.0 Å². The van der Waals surface area contributed by atoms with E-state index in [1.165, 1.54) is 18.6 Å². The molecule has 2 saturated carbocycles. The maximum Gasteiger partial charge on any atom is 0.308 e. The van der Waals surface area contributed by atoms with Crippen molar-refractivity contribution in [3.63, 3.8) is 0 Å². The van der Waals surface area contributed by atoms with Gasteiger partial charge in [0.25, 0.3) is 5.91 Å². The molecule has 0 bridgehead atoms. The molecule has 2 aliphatic rings. The first-order valence-electron chi connectivity index (χ1n) is 12.5. The summed E-state index contributed by atoms with van der Waals surface area (Å²) in [5.41, 5.74) is -0.518. The molecule has 0 aromatic carbocycles. The maximum atomic E-state index is 13.5. The number of carboxylic acid groups (broad SMARTS) is 1. The lowest BCUT2D eigenvalue weighted by Crippen LogP contribution is -2.60. The van der Waals surface area contributed by atoms with E-state index >= 15 is 0 Å². The minimum atomic E-state index is -0.923. The summed E-state index contributed by atoms with van der Waals surface area (Å²) in [7, 11) is 0. The van der Waals surface area contributed by atoms with Crippen LogP contribution in [0.15, 0.2) is 18.6 Å². The van der Waals surface area contributed by atoms with Gasteiger partial charge in [-0.1, -0.05) is 46.5 Å². The van der Waals surface area contributed by atoms with Crippen LogP contribution < -0.4 is 16.0 Å². The van der Waals surface area contributed by atoms with E-state index in [1.54, 1.807) is 0 Å². The molecule has 0 saturated heterocycles. The molecule has 192 valence electrons. The fraction of sp³-hybridized carbons (Fsp3) is 0.680. The fourth-order valence-electron chi connectivity index (χ4n) is 5.10. The van der Waals surface area contributed by atoms with Crippen LogP contribution >= 0.6 is 0 Å². The van der Waals surface area contributed by atoms with Gasteiger partial charge in [-0.2, -0.15) is 0 Å². The number of rotatable bonds is 8. The molecule has 1 aromatic heterocycles. The third kappa shape index (κ3) is 6.99. The van der Waals surface area contributed by atoms with Crippen molar-refractivity contribution in [1.82, 2.24) is 25.9 Å². The molecular weight excluding hydrogens is 450 g/mol. The van der Waals surface area contributed by atoms with Crippen LogP contribution in [0.1, 0.15) is 82.6 Å². The monoisotopic (exact) mass is 487 g/mol. The molecule has 0 aliphatic heterocycles. The van der Waals surface area contributed by atoms with Crippen LogP contribution in [0.25, 0.3) is 0 Å². The summed E-state index contributed by atoms with van der Waals surface area (Å²) < 4.78 is 0. The van der Waals surface area contributed by atoms with E-state index in [2.05, 4.69) is 25.9 Å². The Labute approximate surface area is 206 Å². The number of nitrogens with one attached hydrogen (secondary N) is 3. The summed E-state index contributed by atoms with van der Waals surface area (Å²) in [6.07, 6.45) is 10.7. The Bertz CT molecular complexity index is 911. The van der Waals surface area contributed by atoms with E-state index in [4.69, 9.17) is 0 Å². The molecule has 4 atom stereocenters. The van der Waals surface area contributed by atoms with Crippen LogP contribution in [0.3, 0.4) is 0 Å². The molecule has 3 rings (SSSR count). The van der Waals surface area contributed by atoms with Gasteiger partial charge in [0.2, 0.25) is 11.8 Å². The zero-order valence-electron chi connectivity index (χ0n) is 20.8. The van der Waals surface area contributed by atoms with Crippen molar-refractivity contribution in [2.45, 2.75) is 90.3 Å². The van der Waals surface area contributed by atoms with Crippen molar-refractivity contribution in [3.8, 4) is 0 Å². The first-order chi connectivity index (χ1) is 16.6. The van der Waals surface area contributed by atoms with E-state index in [0.717, 1.165) is 38.5 Å². The van der Waals surface area contributed by atoms with Gasteiger partial charge in [0.1, 0.15) is 17.8 Å². The zero-order valence-corrected chi connectivity index (χ0v) is 20.8. The topological polar surface area (TPSA) is 150 Å². The largest absolute Gasteiger partial charge is 0.481 e. The van der Waals surface area contributed by atoms with Gasteiger partial charge >= 0.3 is 5.97 Å². The summed E-state index contributed by atoms with van der Waals surface area (Å²) >= 11 is 0. The lowest BCUT2D eigenvalue weighted by molar-refractivity contribution is -0.142. The second kappa shape index (κ2) is 11.6. The highest BCUT2D eigenvalue weighted by Crippen LogP contribution is 2.29. The number of nitrogens with zero attached hydrogens (tertiary/aromatic N) is 2. The molecule has 0 radical (unpaired) electrons. The standard InChI is InChI=1S/C25H37N5O5/c1-25(2,3)20(23(33)28-17-11-7-10-16(17)24(34)35)30-22(32)19(15-8-5-4-6-9-15)29-21(31)18-14-26-12-13-27-18/h12-17,19-20H,4-11H2,1-3H3,(H,28,33)(H,29,31)(H,30,32)(H,34,35)/t16-,17+,19?,20?/m1/s1. The van der Waals surface area contributed by atoms with Gasteiger partial charge in [-0.3, -0.25) is 24.2 Å². The molecule has 2 aliphatic carbocycles. The molecule has 35 heavy (non-hydrogen) atoms. The minimum absolute atomic E-state index is 0.0562. The van der Waals surface area contributed by atoms with Gasteiger partial charge in [-0.25, -0.2) is 4.98 Å². The summed E-state index contributed by atoms with van der Waals surface area (Å²) in [6.45, 7) is 5.53. The highest BCUT2D eigenvalue weighted by atomic mass is 16.4. The smallest absolute Gasteiger partial charge is 0.308 e. The Balaban J connectivity index is 1.76. The van der Waals surface area contributed by atoms with Gasteiger partial charge in [-0.15, -0.1) is 0 Å². The Morgan fingerprint density at radius 2 is 1.66 bits per heavy atom. The van der Waals surface area contributed by atoms with Crippen LogP contribution in [-0.4, -0.2) is 56.9 Å². The number of carbonyl (C=O) groups is 4. The van der Waals surface area contributed by atoms with Crippen LogP contribution in [0.2, 0.25) is 0 Å². The van der Waals surface area contributed by atoms with Gasteiger partial charge in [0.15, 0.2) is 0 Å². The summed E-state index contributed by atoms with van der Waals surface area (Å²) in [5, 5.41) is 18.0. The highest BCUT2D eigenvalue weighted by molar-refractivity contribution is 5.97. The van der Waals surface area contributed by atoms with Crippen molar-refractivity contribution in [2.24, 2.45) is 17.3 Å². The molecule has 1 aromatic rings. The van der Waals surface area contributed by atoms with Crippen LogP contribution in [-0.2, 0) is 14.4 Å². The number of carbonyl (C=O) groups excluding carboxylic acids is 3. The van der Waals surface area contributed by atoms with E-state index < -0.39 is 53.1 Å². The van der Waals surface area contributed by atoms with Crippen molar-refractivity contribution in [3.05, 3.63) is 24.3 Å². The Hall–Kier alpha value is -3.04. The molecule has 3 amide bonds. The Morgan fingerprint density at radius 3 is 2.26 bits per heavy atom. The van der Waals surface area contributed by atoms with Gasteiger partial charge in [0.05, 0.1) is 12.1 Å². The molecule has 0 spiro atoms. The van der Waals surface area contributed by atoms with Crippen molar-refractivity contribution < 1.29 is 24.3 Å². The molecule has 1 heterocycles. The van der Waals surface area contributed by atoms with E-state index in [-0.39, 0.29) is 11.6 Å². The van der Waals surface area contributed by atoms with Crippen molar-refractivity contribution >= 4 is 23.7 Å². The second-order valence-corrected chi connectivity index (χ2v) is 10.7. The quantitative estimate of drug-likeness (QED) is 0.438. The number of hydrogen-bond donors (Lipinski definition) is 4. The maximum absolute atomic E-state index is 13.5. The van der Waals surface area contributed by atoms with Gasteiger partial charge < -0.3 is 21.1 Å². The normalized spacial score (nSPS) is 22.6.